The van der Waals surface area contributed by atoms with Crippen LogP contribution in [0.5, 0.6) is 11.5 Å². The highest BCUT2D eigenvalue weighted by molar-refractivity contribution is 6.12. The first-order valence-electron chi connectivity index (χ1n) is 9.79. The molecule has 32 heavy (non-hydrogen) atoms. The predicted octanol–water partition coefficient (Wildman–Crippen LogP) is 2.60. The van der Waals surface area contributed by atoms with Gasteiger partial charge in [0.25, 0.3) is 11.5 Å². The van der Waals surface area contributed by atoms with Crippen LogP contribution in [0.25, 0.3) is 16.7 Å². The van der Waals surface area contributed by atoms with Gasteiger partial charge in [0.05, 0.1) is 36.7 Å². The summed E-state index contributed by atoms with van der Waals surface area (Å²) in [6.07, 6.45) is 1.51. The zero-order valence-corrected chi connectivity index (χ0v) is 18.1. The predicted molar refractivity (Wildman–Crippen MR) is 121 cm³/mol. The number of amides is 1. The molecule has 9 nitrogen and oxygen atoms in total. The van der Waals surface area contributed by atoms with Crippen molar-refractivity contribution in [1.82, 2.24) is 14.1 Å². The number of hydrogen-bond acceptors (Lipinski definition) is 5. The van der Waals surface area contributed by atoms with Crippen molar-refractivity contribution in [2.24, 2.45) is 7.05 Å². The molecule has 9 heteroatoms. The Bertz CT molecular complexity index is 1440. The molecule has 0 unspecified atom stereocenters. The van der Waals surface area contributed by atoms with E-state index in [2.05, 4.69) is 10.3 Å². The molecule has 4 aromatic rings. The van der Waals surface area contributed by atoms with Crippen molar-refractivity contribution >= 4 is 22.6 Å². The molecule has 2 aromatic carbocycles. The van der Waals surface area contributed by atoms with E-state index in [1.54, 1.807) is 37.4 Å². The summed E-state index contributed by atoms with van der Waals surface area (Å²) in [5.41, 5.74) is 1.25. The minimum absolute atomic E-state index is 0.158. The first-order valence-corrected chi connectivity index (χ1v) is 9.79. The monoisotopic (exact) mass is 434 g/mol. The average Bonchev–Trinajstić information content (AvgIpc) is 3.11. The number of nitrogens with zero attached hydrogens (tertiary/aromatic N) is 2. The summed E-state index contributed by atoms with van der Waals surface area (Å²) >= 11 is 0. The van der Waals surface area contributed by atoms with Crippen molar-refractivity contribution in [2.75, 3.05) is 19.5 Å². The molecule has 0 aliphatic carbocycles. The highest BCUT2D eigenvalue weighted by atomic mass is 16.5. The summed E-state index contributed by atoms with van der Waals surface area (Å²) < 4.78 is 13.1. The van der Waals surface area contributed by atoms with E-state index in [4.69, 9.17) is 9.47 Å². The van der Waals surface area contributed by atoms with Crippen LogP contribution in [0, 0.1) is 6.92 Å². The maximum Gasteiger partial charge on any atom is 0.333 e. The molecule has 0 aliphatic heterocycles. The van der Waals surface area contributed by atoms with Crippen LogP contribution < -0.4 is 26.0 Å². The molecule has 0 radical (unpaired) electrons. The van der Waals surface area contributed by atoms with Gasteiger partial charge in [-0.15, -0.1) is 0 Å². The minimum atomic E-state index is -0.631. The lowest BCUT2D eigenvalue weighted by molar-refractivity contribution is 0.102. The molecule has 0 aliphatic rings. The van der Waals surface area contributed by atoms with E-state index in [0.717, 1.165) is 10.1 Å². The first kappa shape index (κ1) is 21.0. The maximum atomic E-state index is 13.2. The normalized spacial score (nSPS) is 10.9. The van der Waals surface area contributed by atoms with Crippen molar-refractivity contribution in [3.05, 3.63) is 80.6 Å². The average molecular weight is 434 g/mol. The fraction of sp³-hybridized carbons (Fsp3) is 0.174. The Hall–Kier alpha value is -4.27. The molecule has 2 N–H and O–H groups in total. The third-order valence-electron chi connectivity index (χ3n) is 5.22. The number of hydrogen-bond donors (Lipinski definition) is 2. The number of rotatable bonds is 5. The Kier molecular flexibility index (Phi) is 5.31. The molecule has 2 heterocycles. The number of carbonyl (C=O) groups excluding carboxylic acids is 1. The Morgan fingerprint density at radius 2 is 1.75 bits per heavy atom. The fourth-order valence-electron chi connectivity index (χ4n) is 3.56. The van der Waals surface area contributed by atoms with E-state index in [9.17, 15) is 14.4 Å². The molecule has 0 fully saturated rings. The molecular formula is C23H22N4O5. The van der Waals surface area contributed by atoms with Gasteiger partial charge in [0, 0.05) is 19.3 Å². The van der Waals surface area contributed by atoms with Crippen LogP contribution in [-0.2, 0) is 7.05 Å². The van der Waals surface area contributed by atoms with Gasteiger partial charge in [0.15, 0.2) is 0 Å². The largest absolute Gasteiger partial charge is 0.497 e. The molecule has 0 atom stereocenters. The standard InChI is InChI=1S/C23H22N4O5/c1-13-5-7-14(8-6-13)27-22(29)20-19(25-23(27)30)16(12-26(20)2)21(28)24-17-10-9-15(31-3)11-18(17)32-4/h5-12H,1-4H3,(H,24,28)(H,25,30). The molecular weight excluding hydrogens is 412 g/mol. The molecule has 0 spiro atoms. The number of carbonyl (C=O) groups is 1. The second kappa shape index (κ2) is 8.10. The number of aryl methyl sites for hydroxylation is 2. The van der Waals surface area contributed by atoms with Crippen molar-refractivity contribution in [3.63, 3.8) is 0 Å². The van der Waals surface area contributed by atoms with Crippen molar-refractivity contribution < 1.29 is 14.3 Å². The molecule has 164 valence electrons. The number of fused-ring (bicyclic) bond motifs is 1. The smallest absolute Gasteiger partial charge is 0.333 e. The quantitative estimate of drug-likeness (QED) is 0.502. The molecule has 4 rings (SSSR count). The topological polar surface area (TPSA) is 107 Å². The van der Waals surface area contributed by atoms with Gasteiger partial charge in [-0.25, -0.2) is 9.36 Å². The zero-order chi connectivity index (χ0) is 23.0. The minimum Gasteiger partial charge on any atom is -0.497 e. The molecule has 1 amide bonds. The Labute approximate surface area is 182 Å². The summed E-state index contributed by atoms with van der Waals surface area (Å²) in [5.74, 6) is 0.487. The molecule has 2 aromatic heterocycles. The first-order chi connectivity index (χ1) is 15.3. The highest BCUT2D eigenvalue weighted by Gasteiger charge is 2.21. The summed E-state index contributed by atoms with van der Waals surface area (Å²) in [6.45, 7) is 1.92. The van der Waals surface area contributed by atoms with E-state index in [1.165, 1.54) is 25.0 Å². The van der Waals surface area contributed by atoms with Gasteiger partial charge >= 0.3 is 5.69 Å². The number of nitrogens with one attached hydrogen (secondary N) is 2. The van der Waals surface area contributed by atoms with E-state index in [-0.39, 0.29) is 16.6 Å². The Morgan fingerprint density at radius 1 is 1.03 bits per heavy atom. The number of H-pyrrole nitrogens is 1. The summed E-state index contributed by atoms with van der Waals surface area (Å²) in [4.78, 5) is 41.7. The van der Waals surface area contributed by atoms with Gasteiger partial charge in [-0.2, -0.15) is 0 Å². The van der Waals surface area contributed by atoms with E-state index in [0.29, 0.717) is 22.9 Å². The van der Waals surface area contributed by atoms with Crippen molar-refractivity contribution in [2.45, 2.75) is 6.92 Å². The van der Waals surface area contributed by atoms with Gasteiger partial charge in [-0.05, 0) is 31.2 Å². The second-order valence-corrected chi connectivity index (χ2v) is 7.30. The van der Waals surface area contributed by atoms with Crippen LogP contribution in [0.3, 0.4) is 0 Å². The van der Waals surface area contributed by atoms with Gasteiger partial charge in [0.2, 0.25) is 0 Å². The third kappa shape index (κ3) is 3.53. The maximum absolute atomic E-state index is 13.2. The van der Waals surface area contributed by atoms with Gasteiger partial charge in [-0.1, -0.05) is 17.7 Å². The summed E-state index contributed by atoms with van der Waals surface area (Å²) in [5, 5.41) is 2.76. The summed E-state index contributed by atoms with van der Waals surface area (Å²) in [6, 6.07) is 12.0. The van der Waals surface area contributed by atoms with E-state index in [1.807, 2.05) is 19.1 Å². The number of aromatic amines is 1. The number of ether oxygens (including phenoxy) is 2. The van der Waals surface area contributed by atoms with Crippen molar-refractivity contribution in [1.29, 1.82) is 0 Å². The van der Waals surface area contributed by atoms with Crippen LogP contribution >= 0.6 is 0 Å². The van der Waals surface area contributed by atoms with E-state index >= 15 is 0 Å². The fourth-order valence-corrected chi connectivity index (χ4v) is 3.56. The third-order valence-corrected chi connectivity index (χ3v) is 5.22. The van der Waals surface area contributed by atoms with Crippen molar-refractivity contribution in [3.8, 4) is 17.2 Å². The number of methoxy groups -OCH3 is 2. The molecule has 0 saturated carbocycles. The van der Waals surface area contributed by atoms with Gasteiger partial charge in [0.1, 0.15) is 17.0 Å². The van der Waals surface area contributed by atoms with E-state index < -0.39 is 17.2 Å². The number of benzene rings is 2. The number of anilines is 1. The molecule has 0 bridgehead atoms. The van der Waals surface area contributed by atoms with Crippen LogP contribution in [0.4, 0.5) is 5.69 Å². The number of aromatic nitrogens is 3. The second-order valence-electron chi connectivity index (χ2n) is 7.30. The van der Waals surface area contributed by atoms with Crippen LogP contribution in [0.2, 0.25) is 0 Å². The summed E-state index contributed by atoms with van der Waals surface area (Å²) in [7, 11) is 4.66. The SMILES string of the molecule is COc1ccc(NC(=O)c2cn(C)c3c(=O)n(-c4ccc(C)cc4)c(=O)[nH]c23)c(OC)c1. The lowest BCUT2D eigenvalue weighted by Gasteiger charge is -2.11. The Balaban J connectivity index is 1.80. The van der Waals surface area contributed by atoms with Gasteiger partial charge in [-0.3, -0.25) is 9.59 Å². The zero-order valence-electron chi connectivity index (χ0n) is 18.1. The van der Waals surface area contributed by atoms with Gasteiger partial charge < -0.3 is 24.3 Å². The van der Waals surface area contributed by atoms with Crippen LogP contribution in [-0.4, -0.2) is 34.2 Å². The molecule has 0 saturated heterocycles. The lowest BCUT2D eigenvalue weighted by atomic mass is 10.2. The van der Waals surface area contributed by atoms with Crippen LogP contribution in [0.1, 0.15) is 15.9 Å². The Morgan fingerprint density at radius 3 is 2.41 bits per heavy atom. The highest BCUT2D eigenvalue weighted by Crippen LogP contribution is 2.30. The lowest BCUT2D eigenvalue weighted by Crippen LogP contribution is -2.34. The van der Waals surface area contributed by atoms with Crippen LogP contribution in [0.15, 0.2) is 58.3 Å².